The van der Waals surface area contributed by atoms with E-state index in [4.69, 9.17) is 0 Å². The van der Waals surface area contributed by atoms with Crippen LogP contribution in [-0.2, 0) is 22.9 Å². The van der Waals surface area contributed by atoms with Gasteiger partial charge in [0, 0.05) is 36.8 Å². The third kappa shape index (κ3) is 5.29. The minimum atomic E-state index is -4.58. The first-order valence-corrected chi connectivity index (χ1v) is 10.2. The zero-order valence-corrected chi connectivity index (χ0v) is 16.3. The zero-order chi connectivity index (χ0) is 20.9. The van der Waals surface area contributed by atoms with Crippen LogP contribution in [0.25, 0.3) is 10.9 Å². The molecule has 0 atom stereocenters. The Morgan fingerprint density at radius 1 is 1.32 bits per heavy atom. The normalized spacial score (nSPS) is 13.5. The van der Waals surface area contributed by atoms with E-state index in [0.717, 1.165) is 35.1 Å². The van der Waals surface area contributed by atoms with E-state index in [1.165, 1.54) is 0 Å². The summed E-state index contributed by atoms with van der Waals surface area (Å²) in [5, 5.41) is 3.91. The zero-order valence-electron chi connectivity index (χ0n) is 15.5. The highest BCUT2D eigenvalue weighted by Crippen LogP contribution is 2.26. The topological polar surface area (TPSA) is 75.8 Å². The molecule has 0 fully saturated rings. The summed E-state index contributed by atoms with van der Waals surface area (Å²) in [6, 6.07) is 6.82. The minimum Gasteiger partial charge on any atom is -0.341 e. The highest BCUT2D eigenvalue weighted by Gasteiger charge is 2.32. The third-order valence-corrected chi connectivity index (χ3v) is 5.11. The van der Waals surface area contributed by atoms with Crippen LogP contribution < -0.4 is 5.32 Å². The predicted octanol–water partition coefficient (Wildman–Crippen LogP) is 2.98. The van der Waals surface area contributed by atoms with Gasteiger partial charge in [-0.3, -0.25) is 9.98 Å². The van der Waals surface area contributed by atoms with Crippen molar-refractivity contribution in [2.45, 2.75) is 24.2 Å². The Morgan fingerprint density at radius 3 is 2.61 bits per heavy atom. The second kappa shape index (κ2) is 8.70. The van der Waals surface area contributed by atoms with Crippen LogP contribution in [0.2, 0.25) is 0 Å². The molecular formula is C18H21F3N4O2S. The Morgan fingerprint density at radius 2 is 2.04 bits per heavy atom. The van der Waals surface area contributed by atoms with Crippen LogP contribution >= 0.6 is 0 Å². The summed E-state index contributed by atoms with van der Waals surface area (Å²) in [7, 11) is -1.57. The van der Waals surface area contributed by atoms with Gasteiger partial charge in [-0.05, 0) is 43.4 Å². The van der Waals surface area contributed by atoms with Gasteiger partial charge in [0.1, 0.15) is 5.70 Å². The monoisotopic (exact) mass is 414 g/mol. The summed E-state index contributed by atoms with van der Waals surface area (Å²) in [5.41, 5.74) is 0.525. The Hall–Kier alpha value is -2.46. The van der Waals surface area contributed by atoms with E-state index in [1.807, 2.05) is 10.6 Å². The first-order valence-electron chi connectivity index (χ1n) is 8.28. The van der Waals surface area contributed by atoms with Crippen LogP contribution in [0.5, 0.6) is 0 Å². The molecule has 0 aliphatic rings. The second-order valence-corrected chi connectivity index (χ2v) is 8.09. The lowest BCUT2D eigenvalue weighted by atomic mass is 10.2. The van der Waals surface area contributed by atoms with E-state index in [2.05, 4.69) is 22.0 Å². The molecule has 0 saturated heterocycles. The summed E-state index contributed by atoms with van der Waals surface area (Å²) in [4.78, 5) is 7.12. The van der Waals surface area contributed by atoms with Gasteiger partial charge >= 0.3 is 6.18 Å². The number of benzene rings is 1. The van der Waals surface area contributed by atoms with Crippen molar-refractivity contribution < 1.29 is 21.6 Å². The summed E-state index contributed by atoms with van der Waals surface area (Å²) >= 11 is 0. The van der Waals surface area contributed by atoms with Gasteiger partial charge in [-0.15, -0.1) is 0 Å². The average molecular weight is 414 g/mol. The molecule has 0 amide bonds. The fourth-order valence-corrected chi connectivity index (χ4v) is 3.35. The van der Waals surface area contributed by atoms with Crippen LogP contribution in [0.15, 0.2) is 50.9 Å². The molecule has 0 aliphatic carbocycles. The number of halogens is 3. The maximum absolute atomic E-state index is 12.6. The van der Waals surface area contributed by atoms with Gasteiger partial charge in [0.2, 0.25) is 0 Å². The molecule has 10 heteroatoms. The first-order chi connectivity index (χ1) is 13.1. The molecule has 0 spiro atoms. The minimum absolute atomic E-state index is 0.202. The van der Waals surface area contributed by atoms with E-state index in [9.17, 15) is 21.6 Å². The Balaban J connectivity index is 2.29. The maximum Gasteiger partial charge on any atom is 0.433 e. The van der Waals surface area contributed by atoms with Gasteiger partial charge in [-0.25, -0.2) is 8.42 Å². The average Bonchev–Trinajstić information content (AvgIpc) is 2.93. The molecule has 0 radical (unpaired) electrons. The highest BCUT2D eigenvalue weighted by atomic mass is 32.2. The van der Waals surface area contributed by atoms with Crippen LogP contribution in [-0.4, -0.2) is 51.9 Å². The Labute approximate surface area is 161 Å². The van der Waals surface area contributed by atoms with Crippen molar-refractivity contribution in [2.24, 2.45) is 9.98 Å². The number of aromatic nitrogens is 1. The van der Waals surface area contributed by atoms with Gasteiger partial charge in [-0.1, -0.05) is 6.07 Å². The summed E-state index contributed by atoms with van der Waals surface area (Å²) < 4.78 is 63.3. The van der Waals surface area contributed by atoms with Crippen molar-refractivity contribution in [1.29, 1.82) is 0 Å². The summed E-state index contributed by atoms with van der Waals surface area (Å²) in [5.74, 6) is 0. The molecule has 0 aliphatic heterocycles. The number of hydrogen-bond acceptors (Lipinski definition) is 5. The quantitative estimate of drug-likeness (QED) is 0.675. The fourth-order valence-electron chi connectivity index (χ4n) is 2.71. The third-order valence-electron chi connectivity index (χ3n) is 4.00. The number of nitrogens with one attached hydrogen (secondary N) is 1. The number of nitrogens with zero attached hydrogens (tertiary/aromatic N) is 3. The van der Waals surface area contributed by atoms with Crippen molar-refractivity contribution in [3.8, 4) is 0 Å². The number of rotatable bonds is 8. The van der Waals surface area contributed by atoms with E-state index in [-0.39, 0.29) is 11.4 Å². The van der Waals surface area contributed by atoms with Gasteiger partial charge in [0.25, 0.3) is 0 Å². The van der Waals surface area contributed by atoms with Crippen LogP contribution in [0.1, 0.15) is 5.69 Å². The van der Waals surface area contributed by atoms with Gasteiger partial charge in [-0.2, -0.15) is 13.2 Å². The van der Waals surface area contributed by atoms with Crippen molar-refractivity contribution >= 4 is 33.7 Å². The molecule has 0 bridgehead atoms. The molecule has 2 rings (SSSR count). The number of fused-ring (bicyclic) bond motifs is 1. The van der Waals surface area contributed by atoms with E-state index in [0.29, 0.717) is 13.1 Å². The van der Waals surface area contributed by atoms with Gasteiger partial charge < -0.3 is 9.88 Å². The van der Waals surface area contributed by atoms with Gasteiger partial charge in [0.05, 0.1) is 11.4 Å². The number of alkyl halides is 3. The number of aliphatic imine (C=N–C) groups is 2. The molecule has 152 valence electrons. The van der Waals surface area contributed by atoms with Crippen molar-refractivity contribution in [1.82, 2.24) is 9.88 Å². The highest BCUT2D eigenvalue weighted by molar-refractivity contribution is 7.90. The number of allylic oxidation sites excluding steroid dienone is 2. The number of hydrogen-bond donors (Lipinski definition) is 1. The maximum atomic E-state index is 12.6. The predicted molar refractivity (Wildman–Crippen MR) is 105 cm³/mol. The Kier molecular flexibility index (Phi) is 6.78. The molecule has 1 heterocycles. The molecule has 2 aromatic rings. The van der Waals surface area contributed by atoms with Crippen molar-refractivity contribution in [3.63, 3.8) is 0 Å². The van der Waals surface area contributed by atoms with Crippen LogP contribution in [0.3, 0.4) is 0 Å². The smallest absolute Gasteiger partial charge is 0.341 e. The standard InChI is InChI=1S/C18H21F3N4O2S/c1-22-12-14-10-13-4-5-15(28(3,26)27)11-16(13)25(14)9-8-24-7-6-17(23-2)18(19,20)21/h4-7,10-11,22H,2,8-9,12H2,1,3H3/b17-6-,24-7?. The largest absolute Gasteiger partial charge is 0.433 e. The molecule has 1 N–H and O–H groups in total. The second-order valence-electron chi connectivity index (χ2n) is 6.07. The molecular weight excluding hydrogens is 393 g/mol. The molecule has 0 unspecified atom stereocenters. The molecule has 1 aromatic carbocycles. The molecule has 6 nitrogen and oxygen atoms in total. The molecule has 28 heavy (non-hydrogen) atoms. The van der Waals surface area contributed by atoms with Crippen molar-refractivity contribution in [2.75, 3.05) is 19.8 Å². The molecule has 1 aromatic heterocycles. The number of sulfone groups is 1. The van der Waals surface area contributed by atoms with Crippen LogP contribution in [0.4, 0.5) is 13.2 Å². The van der Waals surface area contributed by atoms with E-state index < -0.39 is 21.7 Å². The lowest BCUT2D eigenvalue weighted by Crippen LogP contribution is -2.12. The molecule has 0 saturated carbocycles. The van der Waals surface area contributed by atoms with Gasteiger partial charge in [0.15, 0.2) is 9.84 Å². The Bertz CT molecular complexity index is 1020. The van der Waals surface area contributed by atoms with E-state index >= 15 is 0 Å². The first kappa shape index (κ1) is 21.8. The SMILES string of the molecule is C=N/C(=C\C=NCCn1c(CNC)cc2ccc(S(C)(=O)=O)cc21)C(F)(F)F. The van der Waals surface area contributed by atoms with E-state index in [1.54, 1.807) is 25.2 Å². The fraction of sp³-hybridized carbons (Fsp3) is 0.333. The summed E-state index contributed by atoms with van der Waals surface area (Å²) in [6.45, 7) is 4.03. The lowest BCUT2D eigenvalue weighted by Gasteiger charge is -2.10. The lowest BCUT2D eigenvalue weighted by molar-refractivity contribution is -0.0920. The summed E-state index contributed by atoms with van der Waals surface area (Å²) in [6.07, 6.45) is -1.63. The van der Waals surface area contributed by atoms with Crippen molar-refractivity contribution in [3.05, 3.63) is 41.7 Å². The van der Waals surface area contributed by atoms with Crippen LogP contribution in [0, 0.1) is 0 Å².